The molecule has 4 fully saturated rings. The molecule has 0 atom stereocenters. The number of ether oxygens (including phenoxy) is 2. The van der Waals surface area contributed by atoms with Crippen molar-refractivity contribution in [1.82, 2.24) is 4.90 Å². The third kappa shape index (κ3) is 6.04. The number of halogens is 1. The van der Waals surface area contributed by atoms with Crippen LogP contribution in [-0.4, -0.2) is 71.6 Å². The van der Waals surface area contributed by atoms with Crippen LogP contribution in [0.4, 0.5) is 15.8 Å². The van der Waals surface area contributed by atoms with Crippen LogP contribution in [0.2, 0.25) is 0 Å². The first-order chi connectivity index (χ1) is 21.2. The molecule has 0 radical (unpaired) electrons. The van der Waals surface area contributed by atoms with Crippen LogP contribution >= 0.6 is 11.3 Å². The van der Waals surface area contributed by atoms with Crippen molar-refractivity contribution in [1.29, 1.82) is 0 Å². The van der Waals surface area contributed by atoms with Crippen molar-refractivity contribution in [3.05, 3.63) is 46.6 Å². The third-order valence-electron chi connectivity index (χ3n) is 9.70. The van der Waals surface area contributed by atoms with E-state index < -0.39 is 15.7 Å². The van der Waals surface area contributed by atoms with Crippen molar-refractivity contribution >= 4 is 42.6 Å². The molecule has 2 aliphatic heterocycles. The van der Waals surface area contributed by atoms with Crippen molar-refractivity contribution in [2.24, 2.45) is 11.3 Å². The highest BCUT2D eigenvalue weighted by molar-refractivity contribution is 7.90. The second-order valence-electron chi connectivity index (χ2n) is 13.2. The van der Waals surface area contributed by atoms with Gasteiger partial charge in [-0.2, -0.15) is 0 Å². The molecule has 1 aromatic heterocycles. The average Bonchev–Trinajstić information content (AvgIpc) is 3.70. The Morgan fingerprint density at radius 2 is 1.89 bits per heavy atom. The standard InChI is InChI=1S/C34H40FN3O4S2/c1-41-30-17-32(44(2,39)40)27(35)16-29(30)36-14-4-7-31-26(15-22-8-9-22)25-5-3-6-28(33(25)43-31)37-23-10-12-24(13-11-23)38-18-34(19-38)20-42-21-34/h3,5-6,16-17,22-24,36-37H,8-15,18-21H2,1-2H3. The number of nitrogens with one attached hydrogen (secondary N) is 2. The van der Waals surface area contributed by atoms with E-state index in [1.807, 2.05) is 0 Å². The predicted molar refractivity (Wildman–Crippen MR) is 174 cm³/mol. The summed E-state index contributed by atoms with van der Waals surface area (Å²) in [7, 11) is -2.28. The van der Waals surface area contributed by atoms with Gasteiger partial charge < -0.3 is 20.1 Å². The zero-order valence-corrected chi connectivity index (χ0v) is 27.0. The summed E-state index contributed by atoms with van der Waals surface area (Å²) >= 11 is 1.76. The molecule has 1 spiro atoms. The fourth-order valence-electron chi connectivity index (χ4n) is 7.04. The van der Waals surface area contributed by atoms with Gasteiger partial charge >= 0.3 is 0 Å². The highest BCUT2D eigenvalue weighted by Gasteiger charge is 2.50. The van der Waals surface area contributed by atoms with Crippen LogP contribution < -0.4 is 15.4 Å². The molecular formula is C34H40FN3O4S2. The number of sulfone groups is 1. The summed E-state index contributed by atoms with van der Waals surface area (Å²) < 4.78 is 50.4. The van der Waals surface area contributed by atoms with Crippen LogP contribution in [0.25, 0.3) is 10.1 Å². The monoisotopic (exact) mass is 637 g/mol. The highest BCUT2D eigenvalue weighted by atomic mass is 32.2. The summed E-state index contributed by atoms with van der Waals surface area (Å²) in [5.74, 6) is 6.80. The molecular weight excluding hydrogens is 598 g/mol. The quantitative estimate of drug-likeness (QED) is 0.282. The van der Waals surface area contributed by atoms with Gasteiger partial charge in [0.05, 0.1) is 47.8 Å². The Balaban J connectivity index is 1.05. The Bertz CT molecular complexity index is 1720. The van der Waals surface area contributed by atoms with Crippen molar-refractivity contribution in [2.45, 2.75) is 61.9 Å². The predicted octanol–water partition coefficient (Wildman–Crippen LogP) is 5.92. The van der Waals surface area contributed by atoms with E-state index >= 15 is 0 Å². The molecule has 10 heteroatoms. The lowest BCUT2D eigenvalue weighted by atomic mass is 9.75. The van der Waals surface area contributed by atoms with Crippen molar-refractivity contribution in [3.63, 3.8) is 0 Å². The second-order valence-corrected chi connectivity index (χ2v) is 16.2. The van der Waals surface area contributed by atoms with E-state index in [2.05, 4.69) is 45.6 Å². The van der Waals surface area contributed by atoms with Crippen LogP contribution in [0.1, 0.15) is 49.0 Å². The molecule has 0 unspecified atom stereocenters. The van der Waals surface area contributed by atoms with E-state index in [1.54, 1.807) is 11.3 Å². The maximum absolute atomic E-state index is 14.5. The number of benzene rings is 2. The van der Waals surface area contributed by atoms with Gasteiger partial charge in [-0.3, -0.25) is 4.90 Å². The molecule has 0 amide bonds. The van der Waals surface area contributed by atoms with Crippen LogP contribution in [0.3, 0.4) is 0 Å². The summed E-state index contributed by atoms with van der Waals surface area (Å²) in [6, 6.07) is 10.2. The molecule has 2 aliphatic carbocycles. The molecule has 44 heavy (non-hydrogen) atoms. The lowest BCUT2D eigenvalue weighted by molar-refractivity contribution is -0.200. The van der Waals surface area contributed by atoms with E-state index in [1.165, 1.54) is 86.1 Å². The van der Waals surface area contributed by atoms with E-state index in [9.17, 15) is 12.8 Å². The normalized spacial score (nSPS) is 23.0. The Hall–Kier alpha value is -2.84. The number of anilines is 2. The zero-order valence-electron chi connectivity index (χ0n) is 25.4. The number of hydrogen-bond donors (Lipinski definition) is 2. The van der Waals surface area contributed by atoms with Crippen LogP contribution in [0.15, 0.2) is 35.2 Å². The summed E-state index contributed by atoms with van der Waals surface area (Å²) in [6.45, 7) is 4.60. The number of nitrogens with zero attached hydrogens (tertiary/aromatic N) is 1. The molecule has 2 N–H and O–H groups in total. The fraction of sp³-hybridized carbons (Fsp3) is 0.529. The Kier molecular flexibility index (Phi) is 8.02. The summed E-state index contributed by atoms with van der Waals surface area (Å²) in [6.07, 6.45) is 9.44. The summed E-state index contributed by atoms with van der Waals surface area (Å²) in [4.78, 5) is 3.39. The smallest absolute Gasteiger partial charge is 0.178 e. The first-order valence-electron chi connectivity index (χ1n) is 15.6. The minimum Gasteiger partial charge on any atom is -0.495 e. The maximum Gasteiger partial charge on any atom is 0.178 e. The minimum atomic E-state index is -3.71. The summed E-state index contributed by atoms with van der Waals surface area (Å²) in [5, 5.41) is 8.31. The number of hydrogen-bond acceptors (Lipinski definition) is 8. The Labute approximate surface area is 263 Å². The average molecular weight is 638 g/mol. The molecule has 0 bridgehead atoms. The topological polar surface area (TPSA) is 79.9 Å². The van der Waals surface area contributed by atoms with Crippen molar-refractivity contribution in [2.75, 3.05) is 56.8 Å². The van der Waals surface area contributed by atoms with Crippen LogP contribution in [0, 0.1) is 29.0 Å². The van der Waals surface area contributed by atoms with Gasteiger partial charge in [-0.05, 0) is 67.9 Å². The molecule has 3 aromatic rings. The highest BCUT2D eigenvalue weighted by Crippen LogP contribution is 2.43. The largest absolute Gasteiger partial charge is 0.495 e. The number of rotatable bonds is 9. The molecule has 7 nitrogen and oxygen atoms in total. The number of likely N-dealkylation sites (tertiary alicyclic amines) is 1. The Morgan fingerprint density at radius 3 is 2.55 bits per heavy atom. The van der Waals surface area contributed by atoms with Gasteiger partial charge in [0, 0.05) is 49.0 Å². The molecule has 234 valence electrons. The zero-order chi connectivity index (χ0) is 30.5. The first-order valence-corrected chi connectivity index (χ1v) is 18.4. The minimum absolute atomic E-state index is 0.261. The third-order valence-corrected chi connectivity index (χ3v) is 12.0. The van der Waals surface area contributed by atoms with Crippen LogP contribution in [-0.2, 0) is 21.0 Å². The van der Waals surface area contributed by atoms with Gasteiger partial charge in [-0.25, -0.2) is 12.8 Å². The number of thiophene rings is 1. The van der Waals surface area contributed by atoms with Gasteiger partial charge in [0.25, 0.3) is 0 Å². The molecule has 3 heterocycles. The van der Waals surface area contributed by atoms with Crippen molar-refractivity contribution < 1.29 is 22.3 Å². The Morgan fingerprint density at radius 1 is 1.11 bits per heavy atom. The maximum atomic E-state index is 14.5. The van der Waals surface area contributed by atoms with Crippen molar-refractivity contribution in [3.8, 4) is 17.6 Å². The fourth-order valence-corrected chi connectivity index (χ4v) is 8.96. The van der Waals surface area contributed by atoms with Gasteiger partial charge in [-0.1, -0.05) is 24.0 Å². The lowest BCUT2D eigenvalue weighted by Crippen LogP contribution is -2.68. The lowest BCUT2D eigenvalue weighted by Gasteiger charge is -2.58. The number of fused-ring (bicyclic) bond motifs is 1. The van der Waals surface area contributed by atoms with Gasteiger partial charge in [0.15, 0.2) is 9.84 Å². The van der Waals surface area contributed by atoms with E-state index in [-0.39, 0.29) is 17.2 Å². The van der Waals surface area contributed by atoms with Gasteiger partial charge in [0.2, 0.25) is 0 Å². The molecule has 2 saturated carbocycles. The van der Waals surface area contributed by atoms with Gasteiger partial charge in [-0.15, -0.1) is 11.3 Å². The molecule has 7 rings (SSSR count). The van der Waals surface area contributed by atoms with E-state index in [4.69, 9.17) is 9.47 Å². The van der Waals surface area contributed by atoms with E-state index in [0.29, 0.717) is 23.2 Å². The van der Waals surface area contributed by atoms with Gasteiger partial charge in [0.1, 0.15) is 16.5 Å². The molecule has 4 aliphatic rings. The second kappa shape index (κ2) is 11.8. The summed E-state index contributed by atoms with van der Waals surface area (Å²) in [5.41, 5.74) is 3.39. The number of methoxy groups -OCH3 is 1. The molecule has 2 saturated heterocycles. The first kappa shape index (κ1) is 29.8. The van der Waals surface area contributed by atoms with Crippen LogP contribution in [0.5, 0.6) is 5.75 Å². The SMILES string of the molecule is COc1cc(S(C)(=O)=O)c(F)cc1NCC#Cc1sc2c(NC3CCC(N4CC5(COC5)C4)CC3)cccc2c1CC1CC1. The van der Waals surface area contributed by atoms with E-state index in [0.717, 1.165) is 42.8 Å². The molecule has 2 aromatic carbocycles.